The minimum Gasteiger partial charge on any atom is -0.481 e. The Hall–Kier alpha value is -2.20. The van der Waals surface area contributed by atoms with Crippen molar-refractivity contribution < 1.29 is 39.6 Å². The maximum atomic E-state index is 11.1. The van der Waals surface area contributed by atoms with E-state index in [-0.39, 0.29) is 26.2 Å². The average molecular weight is 318 g/mol. The minimum absolute atomic E-state index is 0.160. The number of nitrogens with zero attached hydrogens (tertiary/aromatic N) is 2. The second-order valence-corrected chi connectivity index (χ2v) is 4.98. The van der Waals surface area contributed by atoms with Crippen LogP contribution in [-0.4, -0.2) is 92.4 Å². The summed E-state index contributed by atoms with van der Waals surface area (Å²) < 4.78 is 0. The Bertz CT molecular complexity index is 416. The average Bonchev–Trinajstić information content (AvgIpc) is 2.41. The fourth-order valence-corrected chi connectivity index (χ4v) is 2.44. The predicted molar refractivity (Wildman–Crippen MR) is 70.5 cm³/mol. The first-order valence-corrected chi connectivity index (χ1v) is 6.59. The van der Waals surface area contributed by atoms with Crippen molar-refractivity contribution in [2.24, 2.45) is 0 Å². The number of rotatable bonds is 8. The summed E-state index contributed by atoms with van der Waals surface area (Å²) >= 11 is 0. The molecule has 1 heterocycles. The summed E-state index contributed by atoms with van der Waals surface area (Å²) in [6.45, 7) is 0.641. The van der Waals surface area contributed by atoms with Gasteiger partial charge in [-0.25, -0.2) is 0 Å². The molecule has 0 amide bonds. The van der Waals surface area contributed by atoms with Crippen LogP contribution in [0, 0.1) is 0 Å². The lowest BCUT2D eigenvalue weighted by Gasteiger charge is -2.39. The molecule has 1 saturated heterocycles. The first-order chi connectivity index (χ1) is 10.2. The van der Waals surface area contributed by atoms with Crippen LogP contribution in [0.3, 0.4) is 0 Å². The molecule has 22 heavy (non-hydrogen) atoms. The fourth-order valence-electron chi connectivity index (χ4n) is 2.44. The first-order valence-electron chi connectivity index (χ1n) is 6.59. The maximum Gasteiger partial charge on any atom is 0.321 e. The van der Waals surface area contributed by atoms with Gasteiger partial charge in [-0.15, -0.1) is 0 Å². The third kappa shape index (κ3) is 4.97. The van der Waals surface area contributed by atoms with E-state index in [1.807, 2.05) is 0 Å². The van der Waals surface area contributed by atoms with Gasteiger partial charge >= 0.3 is 23.9 Å². The summed E-state index contributed by atoms with van der Waals surface area (Å²) in [5.74, 6) is -4.97. The van der Waals surface area contributed by atoms with Gasteiger partial charge in [0.25, 0.3) is 0 Å². The summed E-state index contributed by atoms with van der Waals surface area (Å²) in [6.07, 6.45) is -1.10. The summed E-state index contributed by atoms with van der Waals surface area (Å²) in [5, 5.41) is 35.6. The quantitative estimate of drug-likeness (QED) is 0.413. The zero-order valence-electron chi connectivity index (χ0n) is 11.7. The van der Waals surface area contributed by atoms with Gasteiger partial charge in [0.2, 0.25) is 0 Å². The van der Waals surface area contributed by atoms with Crippen molar-refractivity contribution in [1.82, 2.24) is 9.80 Å². The van der Waals surface area contributed by atoms with Crippen molar-refractivity contribution in [2.45, 2.75) is 24.9 Å². The van der Waals surface area contributed by atoms with Gasteiger partial charge in [-0.05, 0) is 0 Å². The molecule has 1 fully saturated rings. The molecule has 1 aliphatic rings. The molecule has 0 aromatic rings. The van der Waals surface area contributed by atoms with Gasteiger partial charge in [-0.2, -0.15) is 0 Å². The van der Waals surface area contributed by atoms with Crippen LogP contribution in [0.1, 0.15) is 12.8 Å². The van der Waals surface area contributed by atoms with Crippen LogP contribution in [0.5, 0.6) is 0 Å². The molecule has 124 valence electrons. The van der Waals surface area contributed by atoms with E-state index in [2.05, 4.69) is 0 Å². The molecule has 0 spiro atoms. The topological polar surface area (TPSA) is 156 Å². The fraction of sp³-hybridized carbons (Fsp3) is 0.667. The minimum atomic E-state index is -1.25. The van der Waals surface area contributed by atoms with Crippen LogP contribution in [0.4, 0.5) is 0 Å². The molecule has 0 radical (unpaired) electrons. The predicted octanol–water partition coefficient (Wildman–Crippen LogP) is -1.54. The van der Waals surface area contributed by atoms with Crippen molar-refractivity contribution in [3.63, 3.8) is 0 Å². The smallest absolute Gasteiger partial charge is 0.321 e. The molecular weight excluding hydrogens is 300 g/mol. The monoisotopic (exact) mass is 318 g/mol. The van der Waals surface area contributed by atoms with Gasteiger partial charge < -0.3 is 20.4 Å². The number of carbonyl (C=O) groups is 4. The van der Waals surface area contributed by atoms with E-state index in [1.54, 1.807) is 0 Å². The van der Waals surface area contributed by atoms with Gasteiger partial charge in [0, 0.05) is 26.2 Å². The van der Waals surface area contributed by atoms with Gasteiger partial charge in [-0.3, -0.25) is 29.0 Å². The summed E-state index contributed by atoms with van der Waals surface area (Å²) in [4.78, 5) is 46.5. The Labute approximate surface area is 125 Å². The van der Waals surface area contributed by atoms with Gasteiger partial charge in [0.05, 0.1) is 12.8 Å². The standard InChI is InChI=1S/C12H18N2O8/c15-9(16)5-7(11(19)20)13-1-2-14(4-3-13)8(12(21)22)6-10(17)18/h7-8H,1-6H2,(H,15,16)(H,17,18)(H,19,20)(H,21,22)/t7-,8-/m0/s1. The summed E-state index contributed by atoms with van der Waals surface area (Å²) in [6, 6.07) is -2.36. The second kappa shape index (κ2) is 7.71. The lowest BCUT2D eigenvalue weighted by atomic mass is 10.1. The molecule has 0 saturated carbocycles. The van der Waals surface area contributed by atoms with E-state index in [0.717, 1.165) is 0 Å². The highest BCUT2D eigenvalue weighted by molar-refractivity contribution is 5.81. The van der Waals surface area contributed by atoms with Gasteiger partial charge in [-0.1, -0.05) is 0 Å². The molecule has 0 aliphatic carbocycles. The Morgan fingerprint density at radius 1 is 0.682 bits per heavy atom. The van der Waals surface area contributed by atoms with Crippen LogP contribution in [0.15, 0.2) is 0 Å². The molecule has 0 aromatic carbocycles. The number of hydrogen-bond donors (Lipinski definition) is 4. The largest absolute Gasteiger partial charge is 0.481 e. The Morgan fingerprint density at radius 2 is 0.955 bits per heavy atom. The second-order valence-electron chi connectivity index (χ2n) is 4.98. The highest BCUT2D eigenvalue weighted by atomic mass is 16.4. The van der Waals surface area contributed by atoms with Crippen molar-refractivity contribution >= 4 is 23.9 Å². The normalized spacial score (nSPS) is 19.3. The van der Waals surface area contributed by atoms with Crippen LogP contribution < -0.4 is 0 Å². The Kier molecular flexibility index (Phi) is 6.25. The lowest BCUT2D eigenvalue weighted by Crippen LogP contribution is -2.57. The molecule has 0 unspecified atom stereocenters. The zero-order chi connectivity index (χ0) is 16.9. The number of carboxylic acid groups (broad SMARTS) is 4. The third-order valence-electron chi connectivity index (χ3n) is 3.54. The number of aliphatic carboxylic acids is 4. The Balaban J connectivity index is 2.67. The van der Waals surface area contributed by atoms with Crippen molar-refractivity contribution in [1.29, 1.82) is 0 Å². The first kappa shape index (κ1) is 17.9. The molecule has 4 N–H and O–H groups in total. The van der Waals surface area contributed by atoms with E-state index >= 15 is 0 Å². The molecule has 1 aliphatic heterocycles. The van der Waals surface area contributed by atoms with Crippen molar-refractivity contribution in [3.05, 3.63) is 0 Å². The number of hydrogen-bond acceptors (Lipinski definition) is 6. The molecule has 2 atom stereocenters. The third-order valence-corrected chi connectivity index (χ3v) is 3.54. The van der Waals surface area contributed by atoms with Crippen LogP contribution in [0.2, 0.25) is 0 Å². The lowest BCUT2D eigenvalue weighted by molar-refractivity contribution is -0.153. The highest BCUT2D eigenvalue weighted by Gasteiger charge is 2.35. The van der Waals surface area contributed by atoms with Crippen LogP contribution in [0.25, 0.3) is 0 Å². The van der Waals surface area contributed by atoms with E-state index < -0.39 is 48.8 Å². The molecule has 10 nitrogen and oxygen atoms in total. The number of piperazine rings is 1. The van der Waals surface area contributed by atoms with Gasteiger partial charge in [0.1, 0.15) is 12.1 Å². The van der Waals surface area contributed by atoms with Crippen LogP contribution >= 0.6 is 0 Å². The molecule has 1 rings (SSSR count). The number of carboxylic acids is 4. The van der Waals surface area contributed by atoms with E-state index in [0.29, 0.717) is 0 Å². The van der Waals surface area contributed by atoms with E-state index in [9.17, 15) is 19.2 Å². The van der Waals surface area contributed by atoms with E-state index in [1.165, 1.54) is 9.80 Å². The van der Waals surface area contributed by atoms with E-state index in [4.69, 9.17) is 20.4 Å². The summed E-state index contributed by atoms with van der Waals surface area (Å²) in [7, 11) is 0. The van der Waals surface area contributed by atoms with Crippen LogP contribution in [-0.2, 0) is 19.2 Å². The zero-order valence-corrected chi connectivity index (χ0v) is 11.7. The van der Waals surface area contributed by atoms with Gasteiger partial charge in [0.15, 0.2) is 0 Å². The molecule has 0 bridgehead atoms. The molecular formula is C12H18N2O8. The Morgan fingerprint density at radius 3 is 1.14 bits per heavy atom. The molecule has 0 aromatic heterocycles. The highest BCUT2D eigenvalue weighted by Crippen LogP contribution is 2.14. The summed E-state index contributed by atoms with van der Waals surface area (Å²) in [5.41, 5.74) is 0. The molecule has 10 heteroatoms. The maximum absolute atomic E-state index is 11.1. The van der Waals surface area contributed by atoms with Crippen molar-refractivity contribution in [3.8, 4) is 0 Å². The SMILES string of the molecule is O=C(O)C[C@@H](C(=O)O)N1CCN([C@@H](CC(=O)O)C(=O)O)CC1. The van der Waals surface area contributed by atoms with Crippen molar-refractivity contribution in [2.75, 3.05) is 26.2 Å².